The third-order valence-corrected chi connectivity index (χ3v) is 4.65. The van der Waals surface area contributed by atoms with Gasteiger partial charge in [-0.3, -0.25) is 9.48 Å². The van der Waals surface area contributed by atoms with E-state index in [-0.39, 0.29) is 11.8 Å². The largest absolute Gasteiger partial charge is 0.311 e. The van der Waals surface area contributed by atoms with Crippen LogP contribution in [0.3, 0.4) is 0 Å². The molecule has 0 unspecified atom stereocenters. The van der Waals surface area contributed by atoms with E-state index in [0.29, 0.717) is 5.92 Å². The number of hydrogen-bond acceptors (Lipinski definition) is 2. The smallest absolute Gasteiger partial charge is 0.228 e. The van der Waals surface area contributed by atoms with E-state index >= 15 is 0 Å². The average Bonchev–Trinajstić information content (AvgIpc) is 2.70. The summed E-state index contributed by atoms with van der Waals surface area (Å²) in [5.41, 5.74) is 1.16. The molecule has 0 saturated heterocycles. The van der Waals surface area contributed by atoms with Gasteiger partial charge in [0.05, 0.1) is 5.69 Å². The van der Waals surface area contributed by atoms with Crippen molar-refractivity contribution in [1.82, 2.24) is 9.78 Å². The highest BCUT2D eigenvalue weighted by molar-refractivity contribution is 5.92. The molecule has 1 aromatic heterocycles. The Hall–Kier alpha value is -1.32. The maximum atomic E-state index is 12.0. The maximum Gasteiger partial charge on any atom is 0.228 e. The molecule has 1 N–H and O–H groups in total. The minimum atomic E-state index is 0.171. The molecular formula is C15H23N3O. The van der Waals surface area contributed by atoms with Crippen LogP contribution in [0.4, 0.5) is 5.82 Å². The van der Waals surface area contributed by atoms with Crippen LogP contribution in [-0.2, 0) is 11.8 Å². The van der Waals surface area contributed by atoms with Gasteiger partial charge in [-0.25, -0.2) is 0 Å². The molecule has 0 atom stereocenters. The fourth-order valence-electron chi connectivity index (χ4n) is 3.10. The second kappa shape index (κ2) is 5.35. The van der Waals surface area contributed by atoms with E-state index in [1.807, 2.05) is 11.7 Å². The minimum Gasteiger partial charge on any atom is -0.311 e. The van der Waals surface area contributed by atoms with Crippen LogP contribution in [0.15, 0.2) is 6.07 Å². The molecule has 1 aromatic rings. The van der Waals surface area contributed by atoms with E-state index in [1.54, 1.807) is 0 Å². The fraction of sp³-hybridized carbons (Fsp3) is 0.733. The lowest BCUT2D eigenvalue weighted by atomic mass is 9.85. The first-order chi connectivity index (χ1) is 9.24. The zero-order valence-corrected chi connectivity index (χ0v) is 11.7. The van der Waals surface area contributed by atoms with Crippen LogP contribution in [0.2, 0.25) is 0 Å². The number of carbonyl (C=O) groups is 1. The van der Waals surface area contributed by atoms with Gasteiger partial charge in [0, 0.05) is 24.9 Å². The summed E-state index contributed by atoms with van der Waals surface area (Å²) in [4.78, 5) is 12.0. The van der Waals surface area contributed by atoms with Crippen molar-refractivity contribution in [3.05, 3.63) is 11.8 Å². The topological polar surface area (TPSA) is 46.9 Å². The van der Waals surface area contributed by atoms with Crippen LogP contribution in [-0.4, -0.2) is 15.7 Å². The highest BCUT2D eigenvalue weighted by Gasteiger charge is 2.26. The molecule has 2 aliphatic carbocycles. The van der Waals surface area contributed by atoms with Crippen molar-refractivity contribution in [3.63, 3.8) is 0 Å². The van der Waals surface area contributed by atoms with Gasteiger partial charge in [-0.05, 0) is 25.7 Å². The molecule has 1 heterocycles. The summed E-state index contributed by atoms with van der Waals surface area (Å²) in [7, 11) is 1.92. The lowest BCUT2D eigenvalue weighted by Crippen LogP contribution is -2.28. The van der Waals surface area contributed by atoms with Crippen LogP contribution < -0.4 is 5.32 Å². The number of aryl methyl sites for hydroxylation is 1. The summed E-state index contributed by atoms with van der Waals surface area (Å²) in [6.07, 6.45) is 9.74. The first-order valence-electron chi connectivity index (χ1n) is 7.59. The van der Waals surface area contributed by atoms with Crippen molar-refractivity contribution in [2.24, 2.45) is 13.0 Å². The first-order valence-corrected chi connectivity index (χ1v) is 7.59. The van der Waals surface area contributed by atoms with Gasteiger partial charge < -0.3 is 5.32 Å². The van der Waals surface area contributed by atoms with Crippen molar-refractivity contribution in [1.29, 1.82) is 0 Å². The summed E-state index contributed by atoms with van der Waals surface area (Å²) in [6, 6.07) is 2.08. The molecule has 4 heteroatoms. The highest BCUT2D eigenvalue weighted by atomic mass is 16.2. The van der Waals surface area contributed by atoms with Gasteiger partial charge in [0.25, 0.3) is 0 Å². The minimum absolute atomic E-state index is 0.171. The van der Waals surface area contributed by atoms with Crippen molar-refractivity contribution in [3.8, 4) is 0 Å². The number of nitrogens with one attached hydrogen (secondary N) is 1. The van der Waals surface area contributed by atoms with Crippen LogP contribution >= 0.6 is 0 Å². The summed E-state index contributed by atoms with van der Waals surface area (Å²) in [6.45, 7) is 0. The number of rotatable bonds is 3. The van der Waals surface area contributed by atoms with Gasteiger partial charge in [0.1, 0.15) is 5.82 Å². The molecule has 4 nitrogen and oxygen atoms in total. The Bertz CT molecular complexity index is 456. The normalized spacial score (nSPS) is 21.1. The quantitative estimate of drug-likeness (QED) is 0.908. The number of aromatic nitrogens is 2. The summed E-state index contributed by atoms with van der Waals surface area (Å²) >= 11 is 0. The highest BCUT2D eigenvalue weighted by Crippen LogP contribution is 2.33. The van der Waals surface area contributed by atoms with Crippen molar-refractivity contribution in [2.45, 2.75) is 57.3 Å². The van der Waals surface area contributed by atoms with Crippen LogP contribution in [0.5, 0.6) is 0 Å². The molecule has 0 bridgehead atoms. The second-order valence-electron chi connectivity index (χ2n) is 6.03. The Balaban J connectivity index is 1.67. The maximum absolute atomic E-state index is 12.0. The van der Waals surface area contributed by atoms with Crippen molar-refractivity contribution < 1.29 is 4.79 Å². The zero-order valence-electron chi connectivity index (χ0n) is 11.7. The predicted octanol–water partition coefficient (Wildman–Crippen LogP) is 3.21. The Kier molecular flexibility index (Phi) is 3.58. The molecule has 2 saturated carbocycles. The van der Waals surface area contributed by atoms with Crippen LogP contribution in [0.25, 0.3) is 0 Å². The van der Waals surface area contributed by atoms with Gasteiger partial charge in [0.15, 0.2) is 0 Å². The fourth-order valence-corrected chi connectivity index (χ4v) is 3.10. The SMILES string of the molecule is Cn1nc(C2CCCCC2)cc1NC(=O)C1CCC1. The molecule has 0 aromatic carbocycles. The Morgan fingerprint density at radius 2 is 1.95 bits per heavy atom. The third kappa shape index (κ3) is 2.67. The number of hydrogen-bond donors (Lipinski definition) is 1. The number of amides is 1. The predicted molar refractivity (Wildman–Crippen MR) is 75.0 cm³/mol. The molecule has 2 fully saturated rings. The van der Waals surface area contributed by atoms with E-state index in [2.05, 4.69) is 16.5 Å². The number of anilines is 1. The lowest BCUT2D eigenvalue weighted by molar-refractivity contribution is -0.122. The van der Waals surface area contributed by atoms with Gasteiger partial charge in [0.2, 0.25) is 5.91 Å². The van der Waals surface area contributed by atoms with E-state index in [1.165, 1.54) is 38.5 Å². The molecule has 3 rings (SSSR count). The second-order valence-corrected chi connectivity index (χ2v) is 6.03. The molecule has 104 valence electrons. The van der Waals surface area contributed by atoms with Crippen LogP contribution in [0.1, 0.15) is 63.0 Å². The molecule has 19 heavy (non-hydrogen) atoms. The molecule has 0 spiro atoms. The van der Waals surface area contributed by atoms with Crippen molar-refractivity contribution >= 4 is 11.7 Å². The Labute approximate surface area is 114 Å². The molecule has 0 aliphatic heterocycles. The Morgan fingerprint density at radius 1 is 1.21 bits per heavy atom. The number of nitrogens with zero attached hydrogens (tertiary/aromatic N) is 2. The van der Waals surface area contributed by atoms with E-state index in [0.717, 1.165) is 24.4 Å². The van der Waals surface area contributed by atoms with E-state index < -0.39 is 0 Å². The van der Waals surface area contributed by atoms with Gasteiger partial charge in [-0.2, -0.15) is 5.10 Å². The van der Waals surface area contributed by atoms with Crippen LogP contribution in [0, 0.1) is 5.92 Å². The van der Waals surface area contributed by atoms with E-state index in [9.17, 15) is 4.79 Å². The molecule has 1 amide bonds. The van der Waals surface area contributed by atoms with Gasteiger partial charge in [-0.1, -0.05) is 25.7 Å². The summed E-state index contributed by atoms with van der Waals surface area (Å²) < 4.78 is 1.82. The monoisotopic (exact) mass is 261 g/mol. The summed E-state index contributed by atoms with van der Waals surface area (Å²) in [5.74, 6) is 1.85. The van der Waals surface area contributed by atoms with Gasteiger partial charge in [-0.15, -0.1) is 0 Å². The van der Waals surface area contributed by atoms with E-state index in [4.69, 9.17) is 0 Å². The Morgan fingerprint density at radius 3 is 2.58 bits per heavy atom. The summed E-state index contributed by atoms with van der Waals surface area (Å²) in [5, 5.41) is 7.63. The number of carbonyl (C=O) groups excluding carboxylic acids is 1. The molecule has 0 radical (unpaired) electrons. The van der Waals surface area contributed by atoms with Gasteiger partial charge >= 0.3 is 0 Å². The average molecular weight is 261 g/mol. The third-order valence-electron chi connectivity index (χ3n) is 4.65. The lowest BCUT2D eigenvalue weighted by Gasteiger charge is -2.23. The first kappa shape index (κ1) is 12.7. The molecule has 2 aliphatic rings. The zero-order chi connectivity index (χ0) is 13.2. The van der Waals surface area contributed by atoms with Crippen molar-refractivity contribution in [2.75, 3.05) is 5.32 Å². The standard InChI is InChI=1S/C15H23N3O/c1-18-14(16-15(19)12-8-5-9-12)10-13(17-18)11-6-3-2-4-7-11/h10-12H,2-9H2,1H3,(H,16,19). The molecular weight excluding hydrogens is 238 g/mol.